The minimum absolute atomic E-state index is 0.0362. The molecule has 1 aliphatic rings. The third-order valence-corrected chi connectivity index (χ3v) is 9.43. The number of carbonyl (C=O) groups is 1. The predicted molar refractivity (Wildman–Crippen MR) is 158 cm³/mol. The minimum atomic E-state index is -3.60. The molecule has 40 heavy (non-hydrogen) atoms. The number of hydrogen-bond acceptors (Lipinski definition) is 7. The molecular weight excluding hydrogens is 624 g/mol. The first-order valence-corrected chi connectivity index (χ1v) is 15.7. The van der Waals surface area contributed by atoms with Crippen LogP contribution in [0, 0.1) is 0 Å². The van der Waals surface area contributed by atoms with Gasteiger partial charge in [0.05, 0.1) is 28.1 Å². The number of benzene rings is 2. The van der Waals surface area contributed by atoms with Crippen molar-refractivity contribution in [3.63, 3.8) is 0 Å². The zero-order chi connectivity index (χ0) is 29.4. The highest BCUT2D eigenvalue weighted by molar-refractivity contribution is 9.10. The van der Waals surface area contributed by atoms with Gasteiger partial charge in [0.25, 0.3) is 5.56 Å². The van der Waals surface area contributed by atoms with E-state index in [0.29, 0.717) is 47.7 Å². The molecular formula is C27H32BrClN4O6S. The zero-order valence-electron chi connectivity index (χ0n) is 22.8. The van der Waals surface area contributed by atoms with Crippen LogP contribution >= 0.6 is 27.5 Å². The molecule has 1 amide bonds. The summed E-state index contributed by atoms with van der Waals surface area (Å²) in [6.07, 6.45) is -0.329. The molecule has 2 heterocycles. The molecule has 1 aromatic heterocycles. The summed E-state index contributed by atoms with van der Waals surface area (Å²) in [5, 5.41) is 0.585. The molecule has 10 nitrogen and oxygen atoms in total. The van der Waals surface area contributed by atoms with E-state index in [1.54, 1.807) is 17.0 Å². The van der Waals surface area contributed by atoms with Crippen molar-refractivity contribution in [2.75, 3.05) is 31.9 Å². The van der Waals surface area contributed by atoms with Crippen LogP contribution in [0.4, 0.5) is 4.79 Å². The minimum Gasteiger partial charge on any atom is -0.444 e. The van der Waals surface area contributed by atoms with Crippen LogP contribution in [0.2, 0.25) is 5.02 Å². The molecule has 0 bridgehead atoms. The van der Waals surface area contributed by atoms with Crippen LogP contribution in [0.3, 0.4) is 0 Å². The van der Waals surface area contributed by atoms with Crippen LogP contribution in [0.1, 0.15) is 38.8 Å². The van der Waals surface area contributed by atoms with E-state index in [2.05, 4.69) is 25.8 Å². The molecule has 216 valence electrons. The van der Waals surface area contributed by atoms with Gasteiger partial charge in [0, 0.05) is 42.2 Å². The Kier molecular flexibility index (Phi) is 8.84. The Bertz CT molecular complexity index is 1670. The quantitative estimate of drug-likeness (QED) is 0.426. The summed E-state index contributed by atoms with van der Waals surface area (Å²) in [5.74, 6) is -0.129. The predicted octanol–water partition coefficient (Wildman–Crippen LogP) is 4.00. The maximum absolute atomic E-state index is 13.4. The molecule has 13 heteroatoms. The molecule has 4 rings (SSSR count). The van der Waals surface area contributed by atoms with Crippen LogP contribution in [0.15, 0.2) is 49.3 Å². The summed E-state index contributed by atoms with van der Waals surface area (Å²) in [6.45, 7) is 9.68. The molecule has 1 saturated heterocycles. The number of sulfone groups is 1. The fourth-order valence-electron chi connectivity index (χ4n) is 4.54. The van der Waals surface area contributed by atoms with Gasteiger partial charge in [-0.05, 0) is 62.2 Å². The number of piperazine rings is 1. The molecule has 0 radical (unpaired) electrons. The van der Waals surface area contributed by atoms with Gasteiger partial charge in [-0.3, -0.25) is 14.3 Å². The fraction of sp³-hybridized carbons (Fsp3) is 0.444. The lowest BCUT2D eigenvalue weighted by molar-refractivity contribution is 0.0139. The van der Waals surface area contributed by atoms with Crippen molar-refractivity contribution >= 4 is 54.4 Å². The summed E-state index contributed by atoms with van der Waals surface area (Å²) in [4.78, 5) is 45.5. The number of aromatic nitrogens is 2. The Balaban J connectivity index is 1.58. The highest BCUT2D eigenvalue weighted by Gasteiger charge is 2.26. The van der Waals surface area contributed by atoms with Gasteiger partial charge in [-0.1, -0.05) is 34.5 Å². The molecule has 0 aliphatic carbocycles. The highest BCUT2D eigenvalue weighted by Crippen LogP contribution is 2.25. The summed E-state index contributed by atoms with van der Waals surface area (Å²) in [6, 6.07) is 7.75. The third-order valence-electron chi connectivity index (χ3n) is 6.63. The Morgan fingerprint density at radius 1 is 1.05 bits per heavy atom. The average Bonchev–Trinajstić information content (AvgIpc) is 2.87. The van der Waals surface area contributed by atoms with E-state index in [-0.39, 0.29) is 34.2 Å². The Morgan fingerprint density at radius 2 is 1.73 bits per heavy atom. The molecule has 1 aliphatic heterocycles. The number of nitrogens with one attached hydrogen (secondary N) is 1. The van der Waals surface area contributed by atoms with Gasteiger partial charge in [0.1, 0.15) is 5.60 Å². The second-order valence-corrected chi connectivity index (χ2v) is 14.2. The van der Waals surface area contributed by atoms with Gasteiger partial charge >= 0.3 is 11.8 Å². The van der Waals surface area contributed by atoms with Gasteiger partial charge < -0.3 is 14.6 Å². The van der Waals surface area contributed by atoms with Crippen molar-refractivity contribution < 1.29 is 17.9 Å². The lowest BCUT2D eigenvalue weighted by Gasteiger charge is -2.35. The molecule has 0 saturated carbocycles. The number of hydrogen-bond donors (Lipinski definition) is 1. The van der Waals surface area contributed by atoms with Gasteiger partial charge in [-0.25, -0.2) is 18.0 Å². The largest absolute Gasteiger partial charge is 0.444 e. The van der Waals surface area contributed by atoms with Crippen molar-refractivity contribution in [2.45, 2.75) is 51.3 Å². The van der Waals surface area contributed by atoms with Crippen LogP contribution in [-0.2, 0) is 27.7 Å². The highest BCUT2D eigenvalue weighted by atomic mass is 79.9. The molecule has 1 fully saturated rings. The van der Waals surface area contributed by atoms with E-state index < -0.39 is 26.7 Å². The number of H-pyrrole nitrogens is 1. The number of carbonyl (C=O) groups excluding carboxylic acids is 1. The van der Waals surface area contributed by atoms with Gasteiger partial charge in [0.15, 0.2) is 9.84 Å². The molecule has 1 N–H and O–H groups in total. The normalized spacial score (nSPS) is 15.0. The van der Waals surface area contributed by atoms with Crippen molar-refractivity contribution in [3.8, 4) is 0 Å². The van der Waals surface area contributed by atoms with Crippen molar-refractivity contribution in [2.24, 2.45) is 0 Å². The number of ether oxygens (including phenoxy) is 1. The van der Waals surface area contributed by atoms with Crippen molar-refractivity contribution in [1.29, 1.82) is 0 Å². The lowest BCUT2D eigenvalue weighted by atomic mass is 10.1. The Morgan fingerprint density at radius 3 is 2.35 bits per heavy atom. The van der Waals surface area contributed by atoms with Gasteiger partial charge in [-0.15, -0.1) is 0 Å². The second kappa shape index (κ2) is 11.7. The summed E-state index contributed by atoms with van der Waals surface area (Å²) in [5.41, 5.74) is -0.235. The van der Waals surface area contributed by atoms with Crippen LogP contribution in [-0.4, -0.2) is 71.4 Å². The summed E-state index contributed by atoms with van der Waals surface area (Å²) < 4.78 is 32.3. The van der Waals surface area contributed by atoms with Crippen LogP contribution < -0.4 is 11.2 Å². The average molecular weight is 656 g/mol. The number of fused-ring (bicyclic) bond motifs is 1. The van der Waals surface area contributed by atoms with Crippen LogP contribution in [0.25, 0.3) is 10.9 Å². The second-order valence-electron chi connectivity index (χ2n) is 10.7. The van der Waals surface area contributed by atoms with E-state index >= 15 is 0 Å². The van der Waals surface area contributed by atoms with Gasteiger partial charge in [-0.2, -0.15) is 0 Å². The van der Waals surface area contributed by atoms with E-state index in [9.17, 15) is 22.8 Å². The molecule has 2 aromatic carbocycles. The maximum Gasteiger partial charge on any atom is 0.410 e. The van der Waals surface area contributed by atoms with Crippen molar-refractivity contribution in [3.05, 3.63) is 71.8 Å². The van der Waals surface area contributed by atoms with E-state index in [0.717, 1.165) is 10.1 Å². The molecule has 0 atom stereocenters. The number of amides is 1. The van der Waals surface area contributed by atoms with E-state index in [1.165, 1.54) is 25.1 Å². The molecule has 3 aromatic rings. The maximum atomic E-state index is 13.4. The monoisotopic (exact) mass is 654 g/mol. The SMILES string of the molecule is CCS(=O)(=O)c1ccc(Cl)cc1Cn1c(=O)[nH]c2cc(CN3CCN(C(=O)OC(C)(C)C)CC3)c(Br)cc2c1=O. The third kappa shape index (κ3) is 6.79. The first-order valence-electron chi connectivity index (χ1n) is 12.8. The zero-order valence-corrected chi connectivity index (χ0v) is 26.0. The van der Waals surface area contributed by atoms with Crippen LogP contribution in [0.5, 0.6) is 0 Å². The van der Waals surface area contributed by atoms with E-state index in [4.69, 9.17) is 16.3 Å². The smallest absolute Gasteiger partial charge is 0.410 e. The fourth-order valence-corrected chi connectivity index (χ4v) is 6.31. The van der Waals surface area contributed by atoms with E-state index in [1.807, 2.05) is 20.8 Å². The summed E-state index contributed by atoms with van der Waals surface area (Å²) >= 11 is 9.68. The first kappa shape index (κ1) is 30.3. The Labute approximate surface area is 245 Å². The first-order chi connectivity index (χ1) is 18.7. The van der Waals surface area contributed by atoms with Gasteiger partial charge in [0.2, 0.25) is 0 Å². The topological polar surface area (TPSA) is 122 Å². The number of nitrogens with zero attached hydrogens (tertiary/aromatic N) is 3. The summed E-state index contributed by atoms with van der Waals surface area (Å²) in [7, 11) is -3.60. The number of aromatic amines is 1. The molecule has 0 spiro atoms. The Hall–Kier alpha value is -2.67. The standard InChI is InChI=1S/C27H32BrClN4O6S/c1-5-40(37,38)23-7-6-19(29)12-18(23)16-33-24(34)20-14-21(28)17(13-22(20)30-25(33)35)15-31-8-10-32(11-9-31)26(36)39-27(2,3)4/h6-7,12-14H,5,8-11,15-16H2,1-4H3,(H,30,35). The molecule has 0 unspecified atom stereocenters. The number of halogens is 2. The van der Waals surface area contributed by atoms with Crippen molar-refractivity contribution in [1.82, 2.24) is 19.4 Å². The lowest BCUT2D eigenvalue weighted by Crippen LogP contribution is -2.49. The number of rotatable bonds is 6.